The van der Waals surface area contributed by atoms with Gasteiger partial charge in [-0.25, -0.2) is 16.8 Å². The van der Waals surface area contributed by atoms with Gasteiger partial charge in [0.2, 0.25) is 5.91 Å². The number of carbonyl (C=O) groups is 1. The molecule has 3 N–H and O–H groups in total. The van der Waals surface area contributed by atoms with E-state index in [1.807, 2.05) is 0 Å². The van der Waals surface area contributed by atoms with Crippen molar-refractivity contribution in [2.24, 2.45) is 0 Å². The topological polar surface area (TPSA) is 175 Å². The van der Waals surface area contributed by atoms with Crippen molar-refractivity contribution in [1.29, 1.82) is 0 Å². The van der Waals surface area contributed by atoms with Gasteiger partial charge in [0.15, 0.2) is 19.7 Å². The highest BCUT2D eigenvalue weighted by molar-refractivity contribution is 7.91. The van der Waals surface area contributed by atoms with Gasteiger partial charge < -0.3 is 11.1 Å². The van der Waals surface area contributed by atoms with Crippen molar-refractivity contribution in [3.05, 3.63) is 68.6 Å². The zero-order valence-corrected chi connectivity index (χ0v) is 23.3. The SMILES string of the molecule is CC(=O)Nc1ccc(S(=O)(=O)Cc2nnc(C)s2)cc1.Cc1nnc(CS(=O)(=O)c2ccc(N)cc2)s1. The number of nitrogens with two attached hydrogens (primary N) is 1. The first-order valence-corrected chi connectivity index (χ1v) is 15.5. The van der Waals surface area contributed by atoms with Gasteiger partial charge in [0.1, 0.15) is 31.5 Å². The summed E-state index contributed by atoms with van der Waals surface area (Å²) in [6, 6.07) is 12.2. The van der Waals surface area contributed by atoms with Crippen LogP contribution in [0, 0.1) is 13.8 Å². The molecule has 0 saturated heterocycles. The van der Waals surface area contributed by atoms with Crippen molar-refractivity contribution >= 4 is 59.6 Å². The van der Waals surface area contributed by atoms with E-state index in [1.54, 1.807) is 38.1 Å². The molecule has 37 heavy (non-hydrogen) atoms. The van der Waals surface area contributed by atoms with E-state index in [2.05, 4.69) is 25.7 Å². The van der Waals surface area contributed by atoms with E-state index >= 15 is 0 Å². The number of benzene rings is 2. The van der Waals surface area contributed by atoms with Gasteiger partial charge in [-0.2, -0.15) is 0 Å². The lowest BCUT2D eigenvalue weighted by Gasteiger charge is -2.05. The van der Waals surface area contributed by atoms with E-state index in [0.717, 1.165) is 10.0 Å². The number of carbonyl (C=O) groups excluding carboxylic acids is 1. The smallest absolute Gasteiger partial charge is 0.221 e. The van der Waals surface area contributed by atoms with Gasteiger partial charge in [-0.3, -0.25) is 4.79 Å². The molecule has 4 aromatic rings. The normalized spacial score (nSPS) is 11.4. The molecule has 0 unspecified atom stereocenters. The van der Waals surface area contributed by atoms with Crippen LogP contribution in [0.5, 0.6) is 0 Å². The molecule has 0 saturated carbocycles. The van der Waals surface area contributed by atoms with Crippen LogP contribution in [0.1, 0.15) is 27.0 Å². The third kappa shape index (κ3) is 8.38. The summed E-state index contributed by atoms with van der Waals surface area (Å²) in [5, 5.41) is 20.3. The predicted molar refractivity (Wildman–Crippen MR) is 143 cm³/mol. The molecule has 2 aromatic heterocycles. The summed E-state index contributed by atoms with van der Waals surface area (Å²) >= 11 is 2.55. The quantitative estimate of drug-likeness (QED) is 0.309. The van der Waals surface area contributed by atoms with Gasteiger partial charge >= 0.3 is 0 Å². The van der Waals surface area contributed by atoms with E-state index in [1.165, 1.54) is 53.9 Å². The van der Waals surface area contributed by atoms with Crippen LogP contribution in [-0.4, -0.2) is 43.1 Å². The fraction of sp³-hybridized carbons (Fsp3) is 0.227. The summed E-state index contributed by atoms with van der Waals surface area (Å²) < 4.78 is 48.4. The number of hydrogen-bond donors (Lipinski definition) is 2. The summed E-state index contributed by atoms with van der Waals surface area (Å²) in [5.74, 6) is -0.495. The largest absolute Gasteiger partial charge is 0.399 e. The molecule has 196 valence electrons. The first-order valence-electron chi connectivity index (χ1n) is 10.6. The summed E-state index contributed by atoms with van der Waals surface area (Å²) in [4.78, 5) is 11.3. The van der Waals surface area contributed by atoms with Gasteiger partial charge in [-0.05, 0) is 62.4 Å². The molecule has 0 spiro atoms. The van der Waals surface area contributed by atoms with Crippen LogP contribution in [0.4, 0.5) is 11.4 Å². The second-order valence-corrected chi connectivity index (χ2v) is 14.2. The summed E-state index contributed by atoms with van der Waals surface area (Å²) in [6.45, 7) is 4.95. The molecule has 1 amide bonds. The number of sulfone groups is 2. The lowest BCUT2D eigenvalue weighted by Crippen LogP contribution is -2.07. The summed E-state index contributed by atoms with van der Waals surface area (Å²) in [5.41, 5.74) is 6.61. The molecule has 0 radical (unpaired) electrons. The minimum Gasteiger partial charge on any atom is -0.399 e. The van der Waals surface area contributed by atoms with E-state index in [-0.39, 0.29) is 27.2 Å². The van der Waals surface area contributed by atoms with E-state index in [0.29, 0.717) is 21.4 Å². The standard InChI is InChI=1S/C12H13N3O3S2.C10H11N3O2S2/c1-8(16)13-10-3-5-11(6-4-10)20(17,18)7-12-15-14-9(2)19-12;1-7-12-13-10(16-7)6-17(14,15)9-4-2-8(11)3-5-9/h3-6H,7H2,1-2H3,(H,13,16);2-5H,6,11H2,1H3. The molecule has 0 atom stereocenters. The zero-order chi connectivity index (χ0) is 27.2. The van der Waals surface area contributed by atoms with Crippen molar-refractivity contribution in [2.45, 2.75) is 42.1 Å². The fourth-order valence-electron chi connectivity index (χ4n) is 2.91. The Morgan fingerprint density at radius 3 is 1.51 bits per heavy atom. The molecule has 0 aliphatic carbocycles. The number of amides is 1. The Hall–Kier alpha value is -3.27. The molecular weight excluding hydrogens is 557 g/mol. The molecule has 2 aromatic carbocycles. The highest BCUT2D eigenvalue weighted by Gasteiger charge is 2.19. The van der Waals surface area contributed by atoms with Crippen molar-refractivity contribution in [2.75, 3.05) is 11.1 Å². The van der Waals surface area contributed by atoms with E-state index < -0.39 is 19.7 Å². The summed E-state index contributed by atoms with van der Waals surface area (Å²) in [6.07, 6.45) is 0. The maximum Gasteiger partial charge on any atom is 0.221 e. The van der Waals surface area contributed by atoms with Crippen LogP contribution in [-0.2, 0) is 36.0 Å². The van der Waals surface area contributed by atoms with Gasteiger partial charge in [-0.1, -0.05) is 0 Å². The lowest BCUT2D eigenvalue weighted by molar-refractivity contribution is -0.114. The van der Waals surface area contributed by atoms with Crippen LogP contribution in [0.15, 0.2) is 58.3 Å². The van der Waals surface area contributed by atoms with Gasteiger partial charge in [0.25, 0.3) is 0 Å². The molecule has 2 heterocycles. The molecule has 0 aliphatic rings. The Bertz CT molecular complexity index is 1580. The van der Waals surface area contributed by atoms with Crippen molar-refractivity contribution in [3.63, 3.8) is 0 Å². The molecule has 0 bridgehead atoms. The molecular formula is C22H24N6O5S4. The zero-order valence-electron chi connectivity index (χ0n) is 20.1. The Labute approximate surface area is 222 Å². The fourth-order valence-corrected chi connectivity index (χ4v) is 7.52. The minimum absolute atomic E-state index is 0.123. The second-order valence-electron chi connectivity index (χ2n) is 7.72. The van der Waals surface area contributed by atoms with Crippen LogP contribution < -0.4 is 11.1 Å². The molecule has 11 nitrogen and oxygen atoms in total. The monoisotopic (exact) mass is 580 g/mol. The van der Waals surface area contributed by atoms with Crippen LogP contribution in [0.2, 0.25) is 0 Å². The number of nitrogens with one attached hydrogen (secondary N) is 1. The molecule has 0 fully saturated rings. The predicted octanol–water partition coefficient (Wildman–Crippen LogP) is 3.18. The van der Waals surface area contributed by atoms with Crippen LogP contribution in [0.3, 0.4) is 0 Å². The van der Waals surface area contributed by atoms with Crippen molar-refractivity contribution in [3.8, 4) is 0 Å². The third-order valence-corrected chi connectivity index (χ3v) is 9.87. The van der Waals surface area contributed by atoms with Crippen molar-refractivity contribution < 1.29 is 21.6 Å². The third-order valence-electron chi connectivity index (χ3n) is 4.54. The average molecular weight is 581 g/mol. The first kappa shape index (κ1) is 28.3. The summed E-state index contributed by atoms with van der Waals surface area (Å²) in [7, 11) is -6.81. The number of nitrogen functional groups attached to an aromatic ring is 1. The van der Waals surface area contributed by atoms with Crippen LogP contribution >= 0.6 is 22.7 Å². The Balaban J connectivity index is 0.000000208. The van der Waals surface area contributed by atoms with Crippen molar-refractivity contribution in [1.82, 2.24) is 20.4 Å². The average Bonchev–Trinajstić information content (AvgIpc) is 3.40. The van der Waals surface area contributed by atoms with E-state index in [9.17, 15) is 21.6 Å². The number of aromatic nitrogens is 4. The lowest BCUT2D eigenvalue weighted by atomic mass is 10.3. The maximum absolute atomic E-state index is 12.2. The number of rotatable bonds is 7. The Morgan fingerprint density at radius 2 is 1.16 bits per heavy atom. The number of hydrogen-bond acceptors (Lipinski definition) is 12. The number of anilines is 2. The number of aryl methyl sites for hydroxylation is 2. The molecule has 0 aliphatic heterocycles. The minimum atomic E-state index is -3.45. The molecule has 15 heteroatoms. The highest BCUT2D eigenvalue weighted by atomic mass is 32.2. The second kappa shape index (κ2) is 11.9. The number of nitrogens with zero attached hydrogens (tertiary/aromatic N) is 4. The van der Waals surface area contributed by atoms with Gasteiger partial charge in [0, 0.05) is 18.3 Å². The van der Waals surface area contributed by atoms with Gasteiger partial charge in [-0.15, -0.1) is 43.1 Å². The van der Waals surface area contributed by atoms with Gasteiger partial charge in [0.05, 0.1) is 9.79 Å². The first-order chi connectivity index (χ1) is 17.3. The Kier molecular flexibility index (Phi) is 9.07. The Morgan fingerprint density at radius 1 is 0.757 bits per heavy atom. The van der Waals surface area contributed by atoms with Crippen LogP contribution in [0.25, 0.3) is 0 Å². The van der Waals surface area contributed by atoms with E-state index in [4.69, 9.17) is 5.73 Å². The highest BCUT2D eigenvalue weighted by Crippen LogP contribution is 2.21. The molecule has 4 rings (SSSR count). The maximum atomic E-state index is 12.2.